The summed E-state index contributed by atoms with van der Waals surface area (Å²) in [5, 5.41) is 12.9. The molecule has 2 atom stereocenters. The number of carboxylic acids is 1. The van der Waals surface area contributed by atoms with E-state index in [0.29, 0.717) is 6.42 Å². The van der Waals surface area contributed by atoms with Crippen molar-refractivity contribution in [2.75, 3.05) is 13.1 Å². The van der Waals surface area contributed by atoms with Gasteiger partial charge in [-0.05, 0) is 19.4 Å². The highest BCUT2D eigenvalue weighted by atomic mass is 16.5. The molecule has 1 aromatic heterocycles. The molecule has 1 saturated heterocycles. The standard InChI is InChI=1S/C12H18N2O3/c1-2-3-6-14-8-9(7-10(14)12(15)16)11-4-5-13-17-11/h4-5,9-10H,2-3,6-8H2,1H3,(H,15,16). The predicted molar refractivity (Wildman–Crippen MR) is 61.8 cm³/mol. The van der Waals surface area contributed by atoms with E-state index in [0.717, 1.165) is 31.7 Å². The van der Waals surface area contributed by atoms with Gasteiger partial charge in [0.2, 0.25) is 0 Å². The molecule has 0 radical (unpaired) electrons. The maximum absolute atomic E-state index is 11.2. The van der Waals surface area contributed by atoms with Crippen LogP contribution < -0.4 is 0 Å². The van der Waals surface area contributed by atoms with Crippen LogP contribution >= 0.6 is 0 Å². The summed E-state index contributed by atoms with van der Waals surface area (Å²) >= 11 is 0. The Kier molecular flexibility index (Phi) is 3.78. The third-order valence-electron chi connectivity index (χ3n) is 3.35. The second-order valence-corrected chi connectivity index (χ2v) is 4.55. The number of likely N-dealkylation sites (tertiary alicyclic amines) is 1. The number of nitrogens with zero attached hydrogens (tertiary/aromatic N) is 2. The van der Waals surface area contributed by atoms with E-state index in [-0.39, 0.29) is 12.0 Å². The SMILES string of the molecule is CCCCN1CC(c2ccno2)CC1C(=O)O. The van der Waals surface area contributed by atoms with Gasteiger partial charge in [-0.3, -0.25) is 9.69 Å². The normalized spacial score (nSPS) is 25.2. The molecule has 5 nitrogen and oxygen atoms in total. The summed E-state index contributed by atoms with van der Waals surface area (Å²) in [6.07, 6.45) is 4.34. The number of carbonyl (C=O) groups is 1. The molecular formula is C12H18N2O3. The monoisotopic (exact) mass is 238 g/mol. The van der Waals surface area contributed by atoms with Gasteiger partial charge < -0.3 is 9.63 Å². The van der Waals surface area contributed by atoms with Gasteiger partial charge in [0.1, 0.15) is 11.8 Å². The topological polar surface area (TPSA) is 66.6 Å². The maximum atomic E-state index is 11.2. The molecule has 1 aromatic rings. The van der Waals surface area contributed by atoms with Gasteiger partial charge in [0.05, 0.1) is 6.20 Å². The average Bonchev–Trinajstić information content (AvgIpc) is 2.94. The molecule has 2 unspecified atom stereocenters. The van der Waals surface area contributed by atoms with E-state index in [1.54, 1.807) is 6.20 Å². The van der Waals surface area contributed by atoms with Gasteiger partial charge in [-0.1, -0.05) is 18.5 Å². The highest BCUT2D eigenvalue weighted by Gasteiger charge is 2.38. The molecule has 0 amide bonds. The molecule has 94 valence electrons. The first-order valence-corrected chi connectivity index (χ1v) is 6.09. The van der Waals surface area contributed by atoms with E-state index < -0.39 is 5.97 Å². The fraction of sp³-hybridized carbons (Fsp3) is 0.667. The van der Waals surface area contributed by atoms with Crippen molar-refractivity contribution in [2.45, 2.75) is 38.1 Å². The summed E-state index contributed by atoms with van der Waals surface area (Å²) in [7, 11) is 0. The Morgan fingerprint density at radius 1 is 1.71 bits per heavy atom. The maximum Gasteiger partial charge on any atom is 0.320 e. The molecule has 2 rings (SSSR count). The van der Waals surface area contributed by atoms with Gasteiger partial charge in [-0.25, -0.2) is 0 Å². The first-order chi connectivity index (χ1) is 8.22. The molecule has 5 heteroatoms. The minimum absolute atomic E-state index is 0.162. The Morgan fingerprint density at radius 3 is 3.12 bits per heavy atom. The van der Waals surface area contributed by atoms with Gasteiger partial charge in [0, 0.05) is 18.5 Å². The lowest BCUT2D eigenvalue weighted by molar-refractivity contribution is -0.142. The molecule has 1 aliphatic heterocycles. The molecule has 2 heterocycles. The van der Waals surface area contributed by atoms with Crippen LogP contribution in [0.15, 0.2) is 16.8 Å². The highest BCUT2D eigenvalue weighted by Crippen LogP contribution is 2.31. The minimum atomic E-state index is -0.733. The zero-order valence-corrected chi connectivity index (χ0v) is 10.0. The Balaban J connectivity index is 2.03. The van der Waals surface area contributed by atoms with Gasteiger partial charge in [-0.2, -0.15) is 0 Å². The van der Waals surface area contributed by atoms with E-state index in [4.69, 9.17) is 4.52 Å². The summed E-state index contributed by atoms with van der Waals surface area (Å²) in [5.41, 5.74) is 0. The summed E-state index contributed by atoms with van der Waals surface area (Å²) in [6.45, 7) is 3.71. The van der Waals surface area contributed by atoms with E-state index in [1.807, 2.05) is 11.0 Å². The molecule has 0 spiro atoms. The molecule has 17 heavy (non-hydrogen) atoms. The number of hydrogen-bond acceptors (Lipinski definition) is 4. The fourth-order valence-electron chi connectivity index (χ4n) is 2.41. The first-order valence-electron chi connectivity index (χ1n) is 6.09. The van der Waals surface area contributed by atoms with Gasteiger partial charge in [0.15, 0.2) is 0 Å². The smallest absolute Gasteiger partial charge is 0.320 e. The lowest BCUT2D eigenvalue weighted by atomic mass is 10.0. The average molecular weight is 238 g/mol. The molecule has 0 bridgehead atoms. The second kappa shape index (κ2) is 5.31. The van der Waals surface area contributed by atoms with Gasteiger partial charge in [0.25, 0.3) is 0 Å². The Hall–Kier alpha value is -1.36. The second-order valence-electron chi connectivity index (χ2n) is 4.55. The number of unbranched alkanes of at least 4 members (excludes halogenated alkanes) is 1. The van der Waals surface area contributed by atoms with E-state index in [9.17, 15) is 9.90 Å². The Bertz CT molecular complexity index is 364. The Labute approximate surface area is 100 Å². The van der Waals surface area contributed by atoms with Gasteiger partial charge >= 0.3 is 5.97 Å². The molecule has 1 fully saturated rings. The van der Waals surface area contributed by atoms with Crippen molar-refractivity contribution >= 4 is 5.97 Å². The fourth-order valence-corrected chi connectivity index (χ4v) is 2.41. The molecule has 1 aliphatic rings. The van der Waals surface area contributed by atoms with E-state index in [1.165, 1.54) is 0 Å². The predicted octanol–water partition coefficient (Wildman–Crippen LogP) is 1.72. The zero-order valence-electron chi connectivity index (χ0n) is 10.0. The van der Waals surface area contributed by atoms with Crippen molar-refractivity contribution < 1.29 is 14.4 Å². The van der Waals surface area contributed by atoms with Crippen LogP contribution in [-0.4, -0.2) is 40.3 Å². The third-order valence-corrected chi connectivity index (χ3v) is 3.35. The van der Waals surface area contributed by atoms with Crippen molar-refractivity contribution in [3.05, 3.63) is 18.0 Å². The van der Waals surface area contributed by atoms with Gasteiger partial charge in [-0.15, -0.1) is 0 Å². The van der Waals surface area contributed by atoms with Crippen LogP contribution in [0.1, 0.15) is 37.9 Å². The largest absolute Gasteiger partial charge is 0.480 e. The van der Waals surface area contributed by atoms with Crippen LogP contribution in [0.25, 0.3) is 0 Å². The third kappa shape index (κ3) is 2.66. The van der Waals surface area contributed by atoms with Crippen LogP contribution in [-0.2, 0) is 4.79 Å². The number of rotatable bonds is 5. The Morgan fingerprint density at radius 2 is 2.53 bits per heavy atom. The number of aromatic nitrogens is 1. The number of hydrogen-bond donors (Lipinski definition) is 1. The summed E-state index contributed by atoms with van der Waals surface area (Å²) in [4.78, 5) is 13.2. The van der Waals surface area contributed by atoms with Crippen molar-refractivity contribution in [2.24, 2.45) is 0 Å². The summed E-state index contributed by atoms with van der Waals surface area (Å²) in [5.74, 6) is 0.230. The first kappa shape index (κ1) is 12.1. The lowest BCUT2D eigenvalue weighted by Gasteiger charge is -2.20. The zero-order chi connectivity index (χ0) is 12.3. The van der Waals surface area contributed by atoms with Crippen molar-refractivity contribution in [3.8, 4) is 0 Å². The van der Waals surface area contributed by atoms with Crippen LogP contribution in [0.4, 0.5) is 0 Å². The molecular weight excluding hydrogens is 220 g/mol. The van der Waals surface area contributed by atoms with Crippen LogP contribution in [0.2, 0.25) is 0 Å². The molecule has 0 aromatic carbocycles. The quantitative estimate of drug-likeness (QED) is 0.846. The van der Waals surface area contributed by atoms with Crippen molar-refractivity contribution in [3.63, 3.8) is 0 Å². The van der Waals surface area contributed by atoms with Crippen LogP contribution in [0.5, 0.6) is 0 Å². The number of carboxylic acid groups (broad SMARTS) is 1. The van der Waals surface area contributed by atoms with Crippen LogP contribution in [0, 0.1) is 0 Å². The van der Waals surface area contributed by atoms with Crippen molar-refractivity contribution in [1.82, 2.24) is 10.1 Å². The lowest BCUT2D eigenvalue weighted by Crippen LogP contribution is -2.36. The number of aliphatic carboxylic acids is 1. The summed E-state index contributed by atoms with van der Waals surface area (Å²) < 4.78 is 5.13. The van der Waals surface area contributed by atoms with E-state index in [2.05, 4.69) is 12.1 Å². The van der Waals surface area contributed by atoms with E-state index >= 15 is 0 Å². The van der Waals surface area contributed by atoms with Crippen molar-refractivity contribution in [1.29, 1.82) is 0 Å². The molecule has 1 N–H and O–H groups in total. The van der Waals surface area contributed by atoms with Crippen LogP contribution in [0.3, 0.4) is 0 Å². The summed E-state index contributed by atoms with van der Waals surface area (Å²) in [6, 6.07) is 1.45. The molecule has 0 saturated carbocycles. The highest BCUT2D eigenvalue weighted by molar-refractivity contribution is 5.74. The molecule has 0 aliphatic carbocycles. The minimum Gasteiger partial charge on any atom is -0.480 e.